The van der Waals surface area contributed by atoms with E-state index < -0.39 is 5.97 Å². The van der Waals surface area contributed by atoms with Crippen LogP contribution in [0.5, 0.6) is 0 Å². The summed E-state index contributed by atoms with van der Waals surface area (Å²) in [5, 5.41) is 9.13. The topological polar surface area (TPSA) is 67.3 Å². The number of hydrogen-bond acceptors (Lipinski definition) is 2. The van der Waals surface area contributed by atoms with E-state index in [0.29, 0.717) is 0 Å². The first-order valence-electron chi connectivity index (χ1n) is 12.2. The summed E-state index contributed by atoms with van der Waals surface area (Å²) in [6.07, 6.45) is 22.2. The molecule has 0 aromatic rings. The van der Waals surface area contributed by atoms with Gasteiger partial charge >= 0.3 is 5.97 Å². The Kier molecular flexibility index (Phi) is 22.3. The molecule has 4 heteroatoms. The first-order chi connectivity index (χ1) is 13.1. The maximum absolute atomic E-state index is 11.1. The molecule has 0 bridgehead atoms. The van der Waals surface area contributed by atoms with E-state index in [1.165, 1.54) is 103 Å². The lowest BCUT2D eigenvalue weighted by Crippen LogP contribution is -2.51. The molecule has 0 saturated carbocycles. The van der Waals surface area contributed by atoms with Gasteiger partial charge in [0.2, 0.25) is 0 Å². The Morgan fingerprint density at radius 3 is 1.21 bits per heavy atom. The molecule has 0 heterocycles. The van der Waals surface area contributed by atoms with Crippen molar-refractivity contribution < 1.29 is 19.9 Å². The molecule has 170 valence electrons. The lowest BCUT2D eigenvalue weighted by molar-refractivity contribution is -0.918. The molecular formula is C24H51NO3. The number of rotatable bonds is 21. The van der Waals surface area contributed by atoms with Crippen LogP contribution in [0.25, 0.3) is 0 Å². The van der Waals surface area contributed by atoms with E-state index in [9.17, 15) is 4.79 Å². The average molecular weight is 402 g/mol. The van der Waals surface area contributed by atoms with E-state index in [1.54, 1.807) is 0 Å². The Balaban J connectivity index is 0. The number of quaternary nitrogens is 1. The summed E-state index contributed by atoms with van der Waals surface area (Å²) in [5.41, 5.74) is 0. The molecule has 2 N–H and O–H groups in total. The fourth-order valence-electron chi connectivity index (χ4n) is 4.12. The fraction of sp³-hybridized carbons (Fsp3) is 0.958. The lowest BCUT2D eigenvalue weighted by Gasteiger charge is -2.35. The van der Waals surface area contributed by atoms with Crippen molar-refractivity contribution in [3.8, 4) is 0 Å². The minimum atomic E-state index is -0.657. The van der Waals surface area contributed by atoms with Gasteiger partial charge in [0.05, 0.1) is 19.6 Å². The van der Waals surface area contributed by atoms with Gasteiger partial charge in [-0.1, -0.05) is 96.8 Å². The van der Waals surface area contributed by atoms with Crippen molar-refractivity contribution in [2.24, 2.45) is 0 Å². The highest BCUT2D eigenvalue weighted by atomic mass is 16.4. The van der Waals surface area contributed by atoms with E-state index in [1.807, 2.05) is 0 Å². The molecule has 0 atom stereocenters. The zero-order valence-corrected chi connectivity index (χ0v) is 19.4. The molecule has 0 aliphatic carbocycles. The Morgan fingerprint density at radius 1 is 0.607 bits per heavy atom. The number of hydrogen-bond donors (Lipinski definition) is 1. The SMILES string of the molecule is CCCCCCCCCCCCCCCCCC[N+](CC)(CC)CC(=O)O.[OH-]. The number of unbranched alkanes of at least 4 members (excludes halogenated alkanes) is 15. The number of likely N-dealkylation sites (N-methyl/N-ethyl adjacent to an activating group) is 1. The number of nitrogens with zero attached hydrogens (tertiary/aromatic N) is 1. The van der Waals surface area contributed by atoms with Crippen LogP contribution in [0.2, 0.25) is 0 Å². The van der Waals surface area contributed by atoms with Crippen molar-refractivity contribution in [2.45, 2.75) is 124 Å². The first-order valence-corrected chi connectivity index (χ1v) is 12.2. The maximum atomic E-state index is 11.1. The van der Waals surface area contributed by atoms with Gasteiger partial charge in [0, 0.05) is 0 Å². The van der Waals surface area contributed by atoms with Crippen LogP contribution in [0.15, 0.2) is 0 Å². The molecule has 0 fully saturated rings. The molecule has 0 radical (unpaired) electrons. The summed E-state index contributed by atoms with van der Waals surface area (Å²) in [4.78, 5) is 11.1. The van der Waals surface area contributed by atoms with Crippen molar-refractivity contribution in [3.05, 3.63) is 0 Å². The molecule has 4 nitrogen and oxygen atoms in total. The largest absolute Gasteiger partial charge is 0.870 e. The smallest absolute Gasteiger partial charge is 0.359 e. The minimum Gasteiger partial charge on any atom is -0.870 e. The zero-order valence-electron chi connectivity index (χ0n) is 19.4. The number of carboxylic acid groups (broad SMARTS) is 1. The van der Waals surface area contributed by atoms with Crippen LogP contribution in [0.1, 0.15) is 124 Å². The lowest BCUT2D eigenvalue weighted by atomic mass is 10.0. The molecule has 0 aromatic carbocycles. The van der Waals surface area contributed by atoms with Crippen LogP contribution in [-0.4, -0.2) is 47.2 Å². The van der Waals surface area contributed by atoms with Crippen LogP contribution < -0.4 is 0 Å². The van der Waals surface area contributed by atoms with Crippen LogP contribution in [-0.2, 0) is 4.79 Å². The zero-order chi connectivity index (χ0) is 20.2. The van der Waals surface area contributed by atoms with Gasteiger partial charge in [-0.3, -0.25) is 0 Å². The number of carbonyl (C=O) groups is 1. The Hall–Kier alpha value is -0.610. The van der Waals surface area contributed by atoms with Gasteiger partial charge in [0.25, 0.3) is 0 Å². The van der Waals surface area contributed by atoms with Crippen LogP contribution in [0.4, 0.5) is 0 Å². The molecule has 0 spiro atoms. The van der Waals surface area contributed by atoms with E-state index in [0.717, 1.165) is 24.1 Å². The third kappa shape index (κ3) is 17.5. The van der Waals surface area contributed by atoms with Crippen molar-refractivity contribution in [1.82, 2.24) is 0 Å². The molecule has 0 unspecified atom stereocenters. The standard InChI is InChI=1S/C24H49NO2.H2O/c1-4-7-8-9-10-11-12-13-14-15-16-17-18-19-20-21-22-25(5-2,6-3)23-24(26)27;/h4-23H2,1-3H3;1H2. The summed E-state index contributed by atoms with van der Waals surface area (Å²) in [6.45, 7) is 9.70. The Labute approximate surface area is 176 Å². The molecule has 0 saturated heterocycles. The normalized spacial score (nSPS) is 11.4. The minimum absolute atomic E-state index is 0. The first kappa shape index (κ1) is 29.6. The van der Waals surface area contributed by atoms with Gasteiger partial charge in [0.1, 0.15) is 0 Å². The summed E-state index contributed by atoms with van der Waals surface area (Å²) >= 11 is 0. The number of carboxylic acids is 1. The third-order valence-electron chi connectivity index (χ3n) is 6.30. The predicted molar refractivity (Wildman–Crippen MR) is 120 cm³/mol. The average Bonchev–Trinajstić information content (AvgIpc) is 2.66. The molecular weight excluding hydrogens is 350 g/mol. The molecule has 0 amide bonds. The molecule has 28 heavy (non-hydrogen) atoms. The van der Waals surface area contributed by atoms with Gasteiger partial charge in [-0.2, -0.15) is 0 Å². The van der Waals surface area contributed by atoms with Crippen molar-refractivity contribution >= 4 is 5.97 Å². The van der Waals surface area contributed by atoms with Gasteiger partial charge in [-0.25, -0.2) is 4.79 Å². The predicted octanol–water partition coefficient (Wildman–Crippen LogP) is 7.01. The summed E-state index contributed by atoms with van der Waals surface area (Å²) in [7, 11) is 0. The molecule has 0 aliphatic rings. The highest BCUT2D eigenvalue weighted by Gasteiger charge is 2.25. The van der Waals surface area contributed by atoms with Gasteiger partial charge in [0.15, 0.2) is 6.54 Å². The van der Waals surface area contributed by atoms with Gasteiger partial charge < -0.3 is 15.1 Å². The van der Waals surface area contributed by atoms with Crippen molar-refractivity contribution in [2.75, 3.05) is 26.2 Å². The molecule has 0 rings (SSSR count). The van der Waals surface area contributed by atoms with E-state index in [2.05, 4.69) is 20.8 Å². The Morgan fingerprint density at radius 2 is 0.929 bits per heavy atom. The van der Waals surface area contributed by atoms with E-state index in [-0.39, 0.29) is 12.0 Å². The van der Waals surface area contributed by atoms with Crippen LogP contribution >= 0.6 is 0 Å². The van der Waals surface area contributed by atoms with Crippen LogP contribution in [0, 0.1) is 0 Å². The second kappa shape index (κ2) is 21.1. The van der Waals surface area contributed by atoms with E-state index >= 15 is 0 Å². The molecule has 0 aromatic heterocycles. The number of aliphatic carboxylic acids is 1. The van der Waals surface area contributed by atoms with Crippen LogP contribution in [0.3, 0.4) is 0 Å². The monoisotopic (exact) mass is 401 g/mol. The quantitative estimate of drug-likeness (QED) is 0.166. The summed E-state index contributed by atoms with van der Waals surface area (Å²) < 4.78 is 0.744. The highest BCUT2D eigenvalue weighted by molar-refractivity contribution is 5.67. The Bertz CT molecular complexity index is 330. The summed E-state index contributed by atoms with van der Waals surface area (Å²) in [6, 6.07) is 0. The van der Waals surface area contributed by atoms with Gasteiger partial charge in [-0.05, 0) is 26.7 Å². The maximum Gasteiger partial charge on any atom is 0.359 e. The van der Waals surface area contributed by atoms with E-state index in [4.69, 9.17) is 5.11 Å². The fourth-order valence-corrected chi connectivity index (χ4v) is 4.12. The third-order valence-corrected chi connectivity index (χ3v) is 6.30. The molecule has 0 aliphatic heterocycles. The second-order valence-electron chi connectivity index (χ2n) is 8.55. The van der Waals surface area contributed by atoms with Crippen molar-refractivity contribution in [1.29, 1.82) is 0 Å². The highest BCUT2D eigenvalue weighted by Crippen LogP contribution is 2.15. The van der Waals surface area contributed by atoms with Gasteiger partial charge in [-0.15, -0.1) is 0 Å². The summed E-state index contributed by atoms with van der Waals surface area (Å²) in [5.74, 6) is -0.657. The van der Waals surface area contributed by atoms with Crippen molar-refractivity contribution in [3.63, 3.8) is 0 Å². The second-order valence-corrected chi connectivity index (χ2v) is 8.55.